The highest BCUT2D eigenvalue weighted by molar-refractivity contribution is 5.90. The molecule has 1 fully saturated rings. The SMILES string of the molecule is COc1ccccc1Oc1ccc(NC(=O)CC(C)C2CCCNC2)cc1. The van der Waals surface area contributed by atoms with Crippen LogP contribution in [0.25, 0.3) is 0 Å². The molecule has 1 saturated heterocycles. The minimum absolute atomic E-state index is 0.0615. The van der Waals surface area contributed by atoms with Gasteiger partial charge in [-0.15, -0.1) is 0 Å². The minimum Gasteiger partial charge on any atom is -0.493 e. The van der Waals surface area contributed by atoms with E-state index in [9.17, 15) is 4.79 Å². The zero-order chi connectivity index (χ0) is 19.1. The van der Waals surface area contributed by atoms with Gasteiger partial charge in [0.15, 0.2) is 11.5 Å². The molecule has 0 radical (unpaired) electrons. The molecule has 1 heterocycles. The Kier molecular flexibility index (Phi) is 6.71. The molecule has 2 aromatic carbocycles. The van der Waals surface area contributed by atoms with Gasteiger partial charge in [-0.05, 0) is 74.2 Å². The number of para-hydroxylation sites is 2. The lowest BCUT2D eigenvalue weighted by Gasteiger charge is -2.28. The number of piperidine rings is 1. The zero-order valence-corrected chi connectivity index (χ0v) is 16.0. The first-order chi connectivity index (χ1) is 13.2. The Hall–Kier alpha value is -2.53. The molecule has 144 valence electrons. The van der Waals surface area contributed by atoms with Crippen LogP contribution in [0.2, 0.25) is 0 Å². The molecule has 2 atom stereocenters. The van der Waals surface area contributed by atoms with E-state index in [-0.39, 0.29) is 5.91 Å². The van der Waals surface area contributed by atoms with E-state index in [1.54, 1.807) is 7.11 Å². The summed E-state index contributed by atoms with van der Waals surface area (Å²) in [6, 6.07) is 14.9. The third kappa shape index (κ3) is 5.47. The maximum Gasteiger partial charge on any atom is 0.224 e. The number of anilines is 1. The van der Waals surface area contributed by atoms with Crippen molar-refractivity contribution in [3.8, 4) is 17.2 Å². The van der Waals surface area contributed by atoms with Crippen molar-refractivity contribution in [2.24, 2.45) is 11.8 Å². The number of nitrogens with one attached hydrogen (secondary N) is 2. The van der Waals surface area contributed by atoms with Crippen molar-refractivity contribution in [2.45, 2.75) is 26.2 Å². The minimum atomic E-state index is 0.0615. The first kappa shape index (κ1) is 19.2. The maximum atomic E-state index is 12.3. The normalized spacial score (nSPS) is 17.8. The number of ether oxygens (including phenoxy) is 2. The lowest BCUT2D eigenvalue weighted by molar-refractivity contribution is -0.117. The predicted octanol–water partition coefficient (Wildman–Crippen LogP) is 4.45. The Bertz CT molecular complexity index is 739. The van der Waals surface area contributed by atoms with Gasteiger partial charge in [-0.2, -0.15) is 0 Å². The molecule has 27 heavy (non-hydrogen) atoms. The first-order valence-electron chi connectivity index (χ1n) is 9.57. The van der Waals surface area contributed by atoms with Crippen molar-refractivity contribution in [1.82, 2.24) is 5.32 Å². The molecule has 3 rings (SSSR count). The van der Waals surface area contributed by atoms with Crippen LogP contribution in [-0.4, -0.2) is 26.1 Å². The fourth-order valence-electron chi connectivity index (χ4n) is 3.47. The van der Waals surface area contributed by atoms with Crippen molar-refractivity contribution in [3.05, 3.63) is 48.5 Å². The zero-order valence-electron chi connectivity index (χ0n) is 16.0. The molecule has 2 unspecified atom stereocenters. The molecule has 2 aromatic rings. The lowest BCUT2D eigenvalue weighted by Crippen LogP contribution is -2.34. The van der Waals surface area contributed by atoms with Crippen molar-refractivity contribution in [1.29, 1.82) is 0 Å². The van der Waals surface area contributed by atoms with Gasteiger partial charge in [0, 0.05) is 12.1 Å². The van der Waals surface area contributed by atoms with Gasteiger partial charge in [0.1, 0.15) is 5.75 Å². The Morgan fingerprint density at radius 3 is 2.59 bits per heavy atom. The molecule has 0 aliphatic carbocycles. The van der Waals surface area contributed by atoms with Gasteiger partial charge in [-0.25, -0.2) is 0 Å². The Balaban J connectivity index is 1.53. The molecule has 1 aliphatic rings. The molecule has 0 aromatic heterocycles. The van der Waals surface area contributed by atoms with E-state index in [0.29, 0.717) is 35.5 Å². The predicted molar refractivity (Wildman–Crippen MR) is 108 cm³/mol. The average molecular weight is 368 g/mol. The van der Waals surface area contributed by atoms with Gasteiger partial charge in [-0.3, -0.25) is 4.79 Å². The molecule has 2 N–H and O–H groups in total. The fourth-order valence-corrected chi connectivity index (χ4v) is 3.47. The van der Waals surface area contributed by atoms with Crippen LogP contribution >= 0.6 is 0 Å². The van der Waals surface area contributed by atoms with Gasteiger partial charge in [0.2, 0.25) is 5.91 Å². The van der Waals surface area contributed by atoms with Crippen molar-refractivity contribution in [3.63, 3.8) is 0 Å². The molecule has 5 nitrogen and oxygen atoms in total. The van der Waals surface area contributed by atoms with Crippen molar-refractivity contribution in [2.75, 3.05) is 25.5 Å². The summed E-state index contributed by atoms with van der Waals surface area (Å²) in [4.78, 5) is 12.3. The second-order valence-corrected chi connectivity index (χ2v) is 7.11. The van der Waals surface area contributed by atoms with Crippen LogP contribution in [0.4, 0.5) is 5.69 Å². The van der Waals surface area contributed by atoms with Gasteiger partial charge >= 0.3 is 0 Å². The van der Waals surface area contributed by atoms with Crippen LogP contribution in [0.5, 0.6) is 17.2 Å². The molecule has 0 bridgehead atoms. The van der Waals surface area contributed by atoms with Crippen LogP contribution in [0, 0.1) is 11.8 Å². The number of amides is 1. The van der Waals surface area contributed by atoms with Crippen LogP contribution in [0.1, 0.15) is 26.2 Å². The van der Waals surface area contributed by atoms with E-state index in [1.165, 1.54) is 12.8 Å². The summed E-state index contributed by atoms with van der Waals surface area (Å²) < 4.78 is 11.2. The number of hydrogen-bond donors (Lipinski definition) is 2. The summed E-state index contributed by atoms with van der Waals surface area (Å²) in [5.74, 6) is 3.06. The molecule has 0 spiro atoms. The fraction of sp³-hybridized carbons (Fsp3) is 0.409. The summed E-state index contributed by atoms with van der Waals surface area (Å²) in [5.41, 5.74) is 0.779. The standard InChI is InChI=1S/C22H28N2O3/c1-16(17-6-5-13-23-15-17)14-22(25)24-18-9-11-19(12-10-18)27-21-8-4-3-7-20(21)26-2/h3-4,7-12,16-17,23H,5-6,13-15H2,1-2H3,(H,24,25). The molecule has 1 amide bonds. The summed E-state index contributed by atoms with van der Waals surface area (Å²) in [7, 11) is 1.62. The van der Waals surface area contributed by atoms with Gasteiger partial charge in [-0.1, -0.05) is 19.1 Å². The molecule has 1 aliphatic heterocycles. The Morgan fingerprint density at radius 1 is 1.19 bits per heavy atom. The first-order valence-corrected chi connectivity index (χ1v) is 9.57. The quantitative estimate of drug-likeness (QED) is 0.758. The third-order valence-corrected chi connectivity index (χ3v) is 5.08. The highest BCUT2D eigenvalue weighted by atomic mass is 16.5. The van der Waals surface area contributed by atoms with Crippen molar-refractivity contribution < 1.29 is 14.3 Å². The topological polar surface area (TPSA) is 59.6 Å². The van der Waals surface area contributed by atoms with E-state index in [1.807, 2.05) is 48.5 Å². The van der Waals surface area contributed by atoms with E-state index in [2.05, 4.69) is 17.6 Å². The maximum absolute atomic E-state index is 12.3. The van der Waals surface area contributed by atoms with E-state index in [4.69, 9.17) is 9.47 Å². The van der Waals surface area contributed by atoms with Crippen LogP contribution in [0.15, 0.2) is 48.5 Å². The largest absolute Gasteiger partial charge is 0.493 e. The summed E-state index contributed by atoms with van der Waals surface area (Å²) in [6.07, 6.45) is 2.95. The molecular weight excluding hydrogens is 340 g/mol. The van der Waals surface area contributed by atoms with Crippen LogP contribution in [0.3, 0.4) is 0 Å². The lowest BCUT2D eigenvalue weighted by atomic mass is 9.85. The monoisotopic (exact) mass is 368 g/mol. The number of rotatable bonds is 7. The summed E-state index contributed by atoms with van der Waals surface area (Å²) in [6.45, 7) is 4.28. The molecule has 5 heteroatoms. The van der Waals surface area contributed by atoms with E-state index < -0.39 is 0 Å². The number of hydrogen-bond acceptors (Lipinski definition) is 4. The highest BCUT2D eigenvalue weighted by Crippen LogP contribution is 2.31. The highest BCUT2D eigenvalue weighted by Gasteiger charge is 2.22. The second-order valence-electron chi connectivity index (χ2n) is 7.11. The smallest absolute Gasteiger partial charge is 0.224 e. The number of benzene rings is 2. The number of carbonyl (C=O) groups is 1. The Labute approximate surface area is 161 Å². The van der Waals surface area contributed by atoms with Crippen molar-refractivity contribution >= 4 is 11.6 Å². The van der Waals surface area contributed by atoms with E-state index >= 15 is 0 Å². The third-order valence-electron chi connectivity index (χ3n) is 5.08. The number of carbonyl (C=O) groups excluding carboxylic acids is 1. The van der Waals surface area contributed by atoms with Gasteiger partial charge in [0.25, 0.3) is 0 Å². The average Bonchev–Trinajstić information content (AvgIpc) is 2.70. The van der Waals surface area contributed by atoms with Gasteiger partial charge in [0.05, 0.1) is 7.11 Å². The molecular formula is C22H28N2O3. The molecule has 0 saturated carbocycles. The summed E-state index contributed by atoms with van der Waals surface area (Å²) in [5, 5.41) is 6.40. The van der Waals surface area contributed by atoms with E-state index in [0.717, 1.165) is 18.8 Å². The summed E-state index contributed by atoms with van der Waals surface area (Å²) >= 11 is 0. The van der Waals surface area contributed by atoms with Gasteiger partial charge < -0.3 is 20.1 Å². The number of methoxy groups -OCH3 is 1. The second kappa shape index (κ2) is 9.42. The van der Waals surface area contributed by atoms with Crippen LogP contribution < -0.4 is 20.1 Å². The van der Waals surface area contributed by atoms with Crippen LogP contribution in [-0.2, 0) is 4.79 Å². The Morgan fingerprint density at radius 2 is 1.93 bits per heavy atom.